The summed E-state index contributed by atoms with van der Waals surface area (Å²) in [5, 5.41) is 12.5. The van der Waals surface area contributed by atoms with Crippen LogP contribution in [0.2, 0.25) is 0 Å². The van der Waals surface area contributed by atoms with Crippen LogP contribution in [0.15, 0.2) is 48.5 Å². The van der Waals surface area contributed by atoms with Gasteiger partial charge in [0.1, 0.15) is 24.0 Å². The van der Waals surface area contributed by atoms with Crippen LogP contribution in [0.3, 0.4) is 0 Å². The summed E-state index contributed by atoms with van der Waals surface area (Å²) >= 11 is 6.55. The Hall–Kier alpha value is -7.92. The zero-order valence-corrected chi connectivity index (χ0v) is 45.0. The second-order valence-corrected chi connectivity index (χ2v) is 19.1. The molecular formula is C52H67ClN10O13. The number of urea groups is 1. The maximum absolute atomic E-state index is 14.5. The molecule has 0 saturated carbocycles. The number of esters is 1. The molecule has 1 aliphatic heterocycles. The summed E-state index contributed by atoms with van der Waals surface area (Å²) in [6.45, 7) is 7.99. The number of hydrogen-bond acceptors (Lipinski definition) is 14. The van der Waals surface area contributed by atoms with E-state index in [9.17, 15) is 33.6 Å². The van der Waals surface area contributed by atoms with Gasteiger partial charge in [-0.05, 0) is 60.2 Å². The molecule has 23 nitrogen and oxygen atoms in total. The molecule has 3 atom stereocenters. The SMILES string of the molecule is COC(=O)c1cc2c3c(cc(OC(=O)N(C)CCN(C)C(=O)OCc4ccc(NC(=O)[C@H](CCCNC(N)=O)NC(=O)[C@@H](NC(C)C)C(C)C)cc4)c2[nH]1)N(C(=O)c1cc2cc(OC)c(OC)c(OC)c2[nH]1)C[C@H]3CCl. The van der Waals surface area contributed by atoms with Gasteiger partial charge in [-0.1, -0.05) is 39.8 Å². The first-order valence-electron chi connectivity index (χ1n) is 24.5. The van der Waals surface area contributed by atoms with Crippen molar-refractivity contribution in [3.05, 3.63) is 71.0 Å². The molecule has 7 amide bonds. The lowest BCUT2D eigenvalue weighted by molar-refractivity contribution is -0.129. The maximum Gasteiger partial charge on any atom is 0.415 e. The topological polar surface area (TPSA) is 290 Å². The number of nitrogens with zero attached hydrogens (tertiary/aromatic N) is 3. The van der Waals surface area contributed by atoms with Gasteiger partial charge in [0.2, 0.25) is 17.6 Å². The molecular weight excluding hydrogens is 1010 g/mol. The lowest BCUT2D eigenvalue weighted by atomic mass is 9.98. The highest BCUT2D eigenvalue weighted by Crippen LogP contribution is 2.47. The zero-order chi connectivity index (χ0) is 55.5. The summed E-state index contributed by atoms with van der Waals surface area (Å²) in [4.78, 5) is 102. The summed E-state index contributed by atoms with van der Waals surface area (Å²) in [7, 11) is 8.68. The van der Waals surface area contributed by atoms with E-state index < -0.39 is 48.1 Å². The predicted octanol–water partition coefficient (Wildman–Crippen LogP) is 6.04. The smallest absolute Gasteiger partial charge is 0.415 e. The van der Waals surface area contributed by atoms with E-state index in [4.69, 9.17) is 45.8 Å². The molecule has 6 rings (SSSR count). The van der Waals surface area contributed by atoms with Crippen LogP contribution in [0.5, 0.6) is 23.0 Å². The van der Waals surface area contributed by atoms with Crippen LogP contribution in [0.1, 0.15) is 78.6 Å². The zero-order valence-electron chi connectivity index (χ0n) is 44.3. The molecule has 3 heterocycles. The van der Waals surface area contributed by atoms with Gasteiger partial charge in [0.25, 0.3) is 5.91 Å². The number of likely N-dealkylation sites (N-methyl/N-ethyl adjacent to an activating group) is 2. The van der Waals surface area contributed by atoms with E-state index >= 15 is 0 Å². The van der Waals surface area contributed by atoms with Crippen molar-refractivity contribution < 1.29 is 62.0 Å². The number of rotatable bonds is 23. The number of amides is 7. The van der Waals surface area contributed by atoms with E-state index in [-0.39, 0.29) is 86.0 Å². The number of benzene rings is 3. The summed E-state index contributed by atoms with van der Waals surface area (Å²) in [6, 6.07) is 11.0. The average molecular weight is 1080 g/mol. The highest BCUT2D eigenvalue weighted by molar-refractivity contribution is 6.19. The van der Waals surface area contributed by atoms with Crippen LogP contribution in [0.25, 0.3) is 21.8 Å². The quantitative estimate of drug-likeness (QED) is 0.0223. The normalized spacial score (nSPS) is 13.7. The number of primary amides is 1. The number of aromatic amines is 2. The van der Waals surface area contributed by atoms with E-state index in [2.05, 4.69) is 31.2 Å². The molecule has 0 aliphatic carbocycles. The van der Waals surface area contributed by atoms with Crippen LogP contribution in [-0.4, -0.2) is 154 Å². The molecule has 5 aromatic rings. The molecule has 2 aromatic heterocycles. The second kappa shape index (κ2) is 25.5. The van der Waals surface area contributed by atoms with Crippen LogP contribution in [0, 0.1) is 5.92 Å². The van der Waals surface area contributed by atoms with Crippen molar-refractivity contribution in [2.24, 2.45) is 11.7 Å². The van der Waals surface area contributed by atoms with E-state index in [1.54, 1.807) is 48.5 Å². The Bertz CT molecular complexity index is 2940. The number of H-pyrrole nitrogens is 2. The summed E-state index contributed by atoms with van der Waals surface area (Å²) in [5.74, 6) is -1.12. The summed E-state index contributed by atoms with van der Waals surface area (Å²) in [6.07, 6.45) is -0.888. The van der Waals surface area contributed by atoms with Crippen LogP contribution in [-0.2, 0) is 25.7 Å². The number of nitrogens with one attached hydrogen (secondary N) is 6. The first kappa shape index (κ1) is 57.4. The molecule has 0 fully saturated rings. The molecule has 410 valence electrons. The van der Waals surface area contributed by atoms with Crippen LogP contribution < -0.4 is 50.8 Å². The van der Waals surface area contributed by atoms with Crippen molar-refractivity contribution in [1.82, 2.24) is 35.7 Å². The minimum Gasteiger partial charge on any atom is -0.493 e. The van der Waals surface area contributed by atoms with Crippen molar-refractivity contribution in [1.29, 1.82) is 0 Å². The van der Waals surface area contributed by atoms with E-state index in [0.29, 0.717) is 68.0 Å². The third-order valence-corrected chi connectivity index (χ3v) is 13.1. The molecule has 0 spiro atoms. The molecule has 76 heavy (non-hydrogen) atoms. The van der Waals surface area contributed by atoms with Crippen molar-refractivity contribution in [2.75, 3.05) is 84.8 Å². The van der Waals surface area contributed by atoms with Crippen LogP contribution in [0.4, 0.5) is 25.8 Å². The van der Waals surface area contributed by atoms with Gasteiger partial charge in [0.15, 0.2) is 17.2 Å². The Labute approximate surface area is 444 Å². The van der Waals surface area contributed by atoms with E-state index in [0.717, 1.165) is 0 Å². The number of nitrogens with two attached hydrogens (primary N) is 1. The molecule has 0 radical (unpaired) electrons. The Balaban J connectivity index is 1.10. The van der Waals surface area contributed by atoms with Crippen molar-refractivity contribution in [3.8, 4) is 23.0 Å². The van der Waals surface area contributed by atoms with Crippen molar-refractivity contribution in [3.63, 3.8) is 0 Å². The first-order chi connectivity index (χ1) is 36.2. The highest BCUT2D eigenvalue weighted by atomic mass is 35.5. The minimum absolute atomic E-state index is 0.00976. The summed E-state index contributed by atoms with van der Waals surface area (Å²) in [5.41, 5.74) is 8.38. The molecule has 0 saturated heterocycles. The number of anilines is 2. The number of fused-ring (bicyclic) bond motifs is 4. The average Bonchev–Trinajstić information content (AvgIpc) is 4.22. The largest absolute Gasteiger partial charge is 0.493 e. The van der Waals surface area contributed by atoms with E-state index in [1.807, 2.05) is 27.7 Å². The van der Waals surface area contributed by atoms with Gasteiger partial charge in [0.05, 0.1) is 51.2 Å². The lowest BCUT2D eigenvalue weighted by Crippen LogP contribution is -2.54. The first-order valence-corrected chi connectivity index (χ1v) is 25.0. The minimum atomic E-state index is -0.919. The number of ether oxygens (including phenoxy) is 6. The van der Waals surface area contributed by atoms with E-state index in [1.165, 1.54) is 57.2 Å². The maximum atomic E-state index is 14.5. The third kappa shape index (κ3) is 13.3. The van der Waals surface area contributed by atoms with Crippen molar-refractivity contribution >= 4 is 86.7 Å². The Morgan fingerprint density at radius 2 is 1.49 bits per heavy atom. The number of carbonyl (C=O) groups excluding carboxylic acids is 7. The fraction of sp³-hybridized carbons (Fsp3) is 0.442. The molecule has 24 heteroatoms. The predicted molar refractivity (Wildman–Crippen MR) is 285 cm³/mol. The molecule has 1 aliphatic rings. The standard InChI is InChI=1S/C52H67ClN10O13/c1-27(2)41(56-28(3)4)47(65)60-34(12-11-17-55-50(54)68)46(64)57-32-15-13-29(14-16-32)26-75-51(69)61(5)18-19-62(6)52(70)76-38-23-37-40(33-22-36(49(67)74-10)59-43(33)38)31(24-53)25-63(37)48(66)35-20-30-21-39(71-7)44(72-8)45(73-9)42(30)58-35/h13-16,20-23,27-28,31,34,41,56,58-59H,11-12,17-19,24-26H2,1-10H3,(H,57,64)(H,60,65)(H3,54,55,68)/t31-,34+,41+/m1/s1. The Morgan fingerprint density at radius 3 is 2.09 bits per heavy atom. The van der Waals surface area contributed by atoms with Gasteiger partial charge in [-0.15, -0.1) is 11.6 Å². The fourth-order valence-corrected chi connectivity index (χ4v) is 9.01. The Morgan fingerprint density at radius 1 is 0.816 bits per heavy atom. The molecule has 0 bridgehead atoms. The van der Waals surface area contributed by atoms with Gasteiger partial charge in [-0.3, -0.25) is 14.4 Å². The van der Waals surface area contributed by atoms with Gasteiger partial charge in [-0.2, -0.15) is 0 Å². The number of alkyl halides is 1. The fourth-order valence-electron chi connectivity index (χ4n) is 8.76. The lowest BCUT2D eigenvalue weighted by Gasteiger charge is -2.27. The number of halogens is 1. The molecule has 3 aromatic carbocycles. The van der Waals surface area contributed by atoms with Crippen LogP contribution >= 0.6 is 11.6 Å². The number of hydrogen-bond donors (Lipinski definition) is 7. The monoisotopic (exact) mass is 1070 g/mol. The van der Waals surface area contributed by atoms with Crippen molar-refractivity contribution in [2.45, 2.75) is 71.2 Å². The summed E-state index contributed by atoms with van der Waals surface area (Å²) < 4.78 is 33.2. The molecule has 8 N–H and O–H groups in total. The number of carbonyl (C=O) groups is 7. The van der Waals surface area contributed by atoms with Gasteiger partial charge < -0.3 is 80.1 Å². The van der Waals surface area contributed by atoms with Gasteiger partial charge in [0, 0.05) is 80.6 Å². The third-order valence-electron chi connectivity index (χ3n) is 12.7. The Kier molecular flexibility index (Phi) is 19.3. The highest BCUT2D eigenvalue weighted by Gasteiger charge is 2.38. The van der Waals surface area contributed by atoms with Gasteiger partial charge in [-0.25, -0.2) is 19.2 Å². The number of methoxy groups -OCH3 is 4. The van der Waals surface area contributed by atoms with Gasteiger partial charge >= 0.3 is 24.2 Å². The molecule has 0 unspecified atom stereocenters. The number of aromatic nitrogens is 2. The second-order valence-electron chi connectivity index (χ2n) is 18.8.